The molecule has 4 rings (SSSR count). The van der Waals surface area contributed by atoms with Crippen LogP contribution in [-0.2, 0) is 21.4 Å². The van der Waals surface area contributed by atoms with Gasteiger partial charge in [0.2, 0.25) is 11.8 Å². The van der Waals surface area contributed by atoms with E-state index >= 15 is 0 Å². The maximum Gasteiger partial charge on any atom is 0.239 e. The molecular formula is C24H26N2O2S. The Morgan fingerprint density at radius 2 is 1.69 bits per heavy atom. The average Bonchev–Trinajstić information content (AvgIpc) is 3.44. The van der Waals surface area contributed by atoms with Crippen LogP contribution in [0.3, 0.4) is 0 Å². The largest absolute Gasteiger partial charge is 0.354 e. The molecule has 3 aromatic rings. The van der Waals surface area contributed by atoms with Gasteiger partial charge in [-0.2, -0.15) is 0 Å². The lowest BCUT2D eigenvalue weighted by Gasteiger charge is -2.28. The van der Waals surface area contributed by atoms with Crippen LogP contribution in [0, 0.1) is 0 Å². The number of hydrogen-bond donors (Lipinski definition) is 2. The summed E-state index contributed by atoms with van der Waals surface area (Å²) in [4.78, 5) is 26.1. The van der Waals surface area contributed by atoms with Crippen LogP contribution in [-0.4, -0.2) is 24.9 Å². The molecule has 29 heavy (non-hydrogen) atoms. The van der Waals surface area contributed by atoms with Crippen molar-refractivity contribution < 1.29 is 9.59 Å². The normalized spacial score (nSPS) is 15.3. The zero-order valence-electron chi connectivity index (χ0n) is 16.4. The molecule has 1 saturated carbocycles. The summed E-state index contributed by atoms with van der Waals surface area (Å²) in [6.45, 7) is 0.662. The number of fused-ring (bicyclic) bond motifs is 1. The van der Waals surface area contributed by atoms with Crippen LogP contribution in [0.15, 0.2) is 60.0 Å². The Morgan fingerprint density at radius 3 is 2.48 bits per heavy atom. The zero-order chi connectivity index (χ0) is 20.1. The summed E-state index contributed by atoms with van der Waals surface area (Å²) >= 11 is 1.77. The molecule has 1 fully saturated rings. The third-order valence-corrected chi connectivity index (χ3v) is 7.02. The van der Waals surface area contributed by atoms with E-state index in [9.17, 15) is 9.59 Å². The highest BCUT2D eigenvalue weighted by molar-refractivity contribution is 7.10. The lowest BCUT2D eigenvalue weighted by Crippen LogP contribution is -2.43. The quantitative estimate of drug-likeness (QED) is 0.618. The minimum Gasteiger partial charge on any atom is -0.354 e. The standard InChI is InChI=1S/C24H26N2O2S/c27-22(15-19-9-5-8-18-7-1-2-10-20(18)19)25-16-23(28)26-17-24(12-3-4-13-24)21-11-6-14-29-21/h1-2,5-11,14H,3-4,12-13,15-17H2,(H,25,27)(H,26,28). The second-order valence-corrected chi connectivity index (χ2v) is 8.78. The number of hydrogen-bond acceptors (Lipinski definition) is 3. The first-order valence-electron chi connectivity index (χ1n) is 10.2. The van der Waals surface area contributed by atoms with E-state index in [1.165, 1.54) is 17.7 Å². The van der Waals surface area contributed by atoms with Crippen LogP contribution in [0.5, 0.6) is 0 Å². The van der Waals surface area contributed by atoms with Crippen molar-refractivity contribution in [2.24, 2.45) is 0 Å². The fourth-order valence-corrected chi connectivity index (χ4v) is 5.32. The van der Waals surface area contributed by atoms with Gasteiger partial charge in [-0.15, -0.1) is 11.3 Å². The highest BCUT2D eigenvalue weighted by atomic mass is 32.1. The molecule has 1 heterocycles. The van der Waals surface area contributed by atoms with Gasteiger partial charge in [0.15, 0.2) is 0 Å². The number of nitrogens with one attached hydrogen (secondary N) is 2. The number of rotatable bonds is 7. The molecule has 0 spiro atoms. The Kier molecular flexibility index (Phi) is 5.95. The van der Waals surface area contributed by atoms with Gasteiger partial charge < -0.3 is 10.6 Å². The van der Waals surface area contributed by atoms with Gasteiger partial charge in [0.05, 0.1) is 13.0 Å². The highest BCUT2D eigenvalue weighted by Crippen LogP contribution is 2.42. The summed E-state index contributed by atoms with van der Waals surface area (Å²) in [5, 5.41) is 10.1. The molecule has 4 nitrogen and oxygen atoms in total. The van der Waals surface area contributed by atoms with Gasteiger partial charge in [0.25, 0.3) is 0 Å². The molecule has 0 aliphatic heterocycles. The van der Waals surface area contributed by atoms with Crippen molar-refractivity contribution >= 4 is 33.9 Å². The second kappa shape index (κ2) is 8.78. The molecule has 2 amide bonds. The molecule has 2 aromatic carbocycles. The maximum absolute atomic E-state index is 12.4. The van der Waals surface area contributed by atoms with E-state index in [0.717, 1.165) is 29.2 Å². The minimum absolute atomic E-state index is 0.0180. The van der Waals surface area contributed by atoms with Crippen LogP contribution in [0.4, 0.5) is 0 Å². The van der Waals surface area contributed by atoms with Crippen molar-refractivity contribution in [3.8, 4) is 0 Å². The number of carbonyl (C=O) groups is 2. The smallest absolute Gasteiger partial charge is 0.239 e. The first-order chi connectivity index (χ1) is 14.2. The summed E-state index contributed by atoms with van der Waals surface area (Å²) in [6, 6.07) is 18.2. The zero-order valence-corrected chi connectivity index (χ0v) is 17.3. The molecule has 1 aliphatic rings. The van der Waals surface area contributed by atoms with E-state index in [0.29, 0.717) is 6.54 Å². The first kappa shape index (κ1) is 19.6. The molecule has 0 radical (unpaired) electrons. The van der Waals surface area contributed by atoms with Crippen molar-refractivity contribution in [3.05, 3.63) is 70.4 Å². The van der Waals surface area contributed by atoms with E-state index in [1.807, 2.05) is 42.5 Å². The lowest BCUT2D eigenvalue weighted by atomic mass is 9.84. The van der Waals surface area contributed by atoms with Crippen LogP contribution >= 0.6 is 11.3 Å². The Morgan fingerprint density at radius 1 is 0.897 bits per heavy atom. The number of benzene rings is 2. The van der Waals surface area contributed by atoms with Crippen molar-refractivity contribution in [2.45, 2.75) is 37.5 Å². The Balaban J connectivity index is 1.30. The van der Waals surface area contributed by atoms with E-state index < -0.39 is 0 Å². The van der Waals surface area contributed by atoms with Crippen LogP contribution in [0.1, 0.15) is 36.1 Å². The van der Waals surface area contributed by atoms with Gasteiger partial charge in [-0.25, -0.2) is 0 Å². The molecule has 0 saturated heterocycles. The second-order valence-electron chi connectivity index (χ2n) is 7.83. The summed E-state index contributed by atoms with van der Waals surface area (Å²) in [5.74, 6) is -0.260. The van der Waals surface area contributed by atoms with Gasteiger partial charge >= 0.3 is 0 Å². The SMILES string of the molecule is O=C(CNC(=O)Cc1cccc2ccccc12)NCC1(c2cccs2)CCCC1. The van der Waals surface area contributed by atoms with E-state index in [-0.39, 0.29) is 30.2 Å². The number of amides is 2. The van der Waals surface area contributed by atoms with Gasteiger partial charge in [0.1, 0.15) is 0 Å². The monoisotopic (exact) mass is 406 g/mol. The molecule has 5 heteroatoms. The predicted octanol–water partition coefficient (Wildman–Crippen LogP) is 4.19. The highest BCUT2D eigenvalue weighted by Gasteiger charge is 2.36. The van der Waals surface area contributed by atoms with Crippen LogP contribution < -0.4 is 10.6 Å². The lowest BCUT2D eigenvalue weighted by molar-refractivity contribution is -0.125. The van der Waals surface area contributed by atoms with Crippen molar-refractivity contribution in [1.82, 2.24) is 10.6 Å². The summed E-state index contributed by atoms with van der Waals surface area (Å²) in [6.07, 6.45) is 4.90. The van der Waals surface area contributed by atoms with Crippen LogP contribution in [0.2, 0.25) is 0 Å². The number of carbonyl (C=O) groups excluding carboxylic acids is 2. The predicted molar refractivity (Wildman–Crippen MR) is 118 cm³/mol. The Bertz CT molecular complexity index is 986. The third kappa shape index (κ3) is 4.51. The van der Waals surface area contributed by atoms with E-state index in [1.54, 1.807) is 11.3 Å². The van der Waals surface area contributed by atoms with Gasteiger partial charge in [-0.05, 0) is 40.6 Å². The van der Waals surface area contributed by atoms with Crippen molar-refractivity contribution in [3.63, 3.8) is 0 Å². The van der Waals surface area contributed by atoms with Gasteiger partial charge in [-0.3, -0.25) is 9.59 Å². The molecule has 1 aliphatic carbocycles. The molecule has 2 N–H and O–H groups in total. The summed E-state index contributed by atoms with van der Waals surface area (Å²) < 4.78 is 0. The summed E-state index contributed by atoms with van der Waals surface area (Å²) in [5.41, 5.74) is 1.04. The molecule has 1 aromatic heterocycles. The maximum atomic E-state index is 12.4. The average molecular weight is 407 g/mol. The first-order valence-corrected chi connectivity index (χ1v) is 11.1. The minimum atomic E-state index is -0.134. The Labute approximate surface area is 175 Å². The van der Waals surface area contributed by atoms with E-state index in [4.69, 9.17) is 0 Å². The third-order valence-electron chi connectivity index (χ3n) is 5.91. The fourth-order valence-electron chi connectivity index (χ4n) is 4.33. The van der Waals surface area contributed by atoms with Crippen LogP contribution in [0.25, 0.3) is 10.8 Å². The topological polar surface area (TPSA) is 58.2 Å². The molecular weight excluding hydrogens is 380 g/mol. The number of thiophene rings is 1. The molecule has 0 bridgehead atoms. The summed E-state index contributed by atoms with van der Waals surface area (Å²) in [7, 11) is 0. The van der Waals surface area contributed by atoms with E-state index in [2.05, 4.69) is 28.1 Å². The van der Waals surface area contributed by atoms with Gasteiger partial charge in [0, 0.05) is 16.8 Å². The molecule has 0 atom stereocenters. The molecule has 150 valence electrons. The van der Waals surface area contributed by atoms with Crippen molar-refractivity contribution in [1.29, 1.82) is 0 Å². The van der Waals surface area contributed by atoms with Gasteiger partial charge in [-0.1, -0.05) is 61.4 Å². The fraction of sp³-hybridized carbons (Fsp3) is 0.333. The Hall–Kier alpha value is -2.66. The van der Waals surface area contributed by atoms with Crippen molar-refractivity contribution in [2.75, 3.05) is 13.1 Å². The molecule has 0 unspecified atom stereocenters.